The van der Waals surface area contributed by atoms with Crippen LogP contribution in [0.2, 0.25) is 0 Å². The van der Waals surface area contributed by atoms with Gasteiger partial charge in [-0.15, -0.1) is 11.3 Å². The smallest absolute Gasteiger partial charge is 0.185 e. The van der Waals surface area contributed by atoms with Crippen LogP contribution in [0.15, 0.2) is 11.6 Å². The lowest BCUT2D eigenvalue weighted by Gasteiger charge is -2.39. The van der Waals surface area contributed by atoms with Gasteiger partial charge in [-0.25, -0.2) is 4.98 Å². The zero-order valence-electron chi connectivity index (χ0n) is 11.4. The average Bonchev–Trinajstić information content (AvgIpc) is 3.11. The summed E-state index contributed by atoms with van der Waals surface area (Å²) in [5, 5.41) is 3.25. The molecule has 1 aromatic heterocycles. The van der Waals surface area contributed by atoms with Gasteiger partial charge in [0.1, 0.15) is 0 Å². The largest absolute Gasteiger partial charge is 0.346 e. The first-order chi connectivity index (χ1) is 9.31. The molecule has 0 amide bonds. The van der Waals surface area contributed by atoms with E-state index in [0.717, 1.165) is 18.8 Å². The zero-order valence-corrected chi connectivity index (χ0v) is 13.1. The maximum atomic E-state index is 4.62. The van der Waals surface area contributed by atoms with Crippen LogP contribution in [0, 0.1) is 5.41 Å². The quantitative estimate of drug-likeness (QED) is 0.863. The van der Waals surface area contributed by atoms with E-state index in [9.17, 15) is 0 Å². The summed E-state index contributed by atoms with van der Waals surface area (Å²) in [6.45, 7) is 5.85. The molecule has 0 aromatic carbocycles. The fourth-order valence-electron chi connectivity index (χ4n) is 3.43. The minimum Gasteiger partial charge on any atom is -0.346 e. The Labute approximate surface area is 125 Å². The van der Waals surface area contributed by atoms with Crippen molar-refractivity contribution in [3.63, 3.8) is 0 Å². The van der Waals surface area contributed by atoms with Gasteiger partial charge in [0.25, 0.3) is 0 Å². The van der Waals surface area contributed by atoms with Gasteiger partial charge in [-0.05, 0) is 24.0 Å². The molecule has 1 saturated carbocycles. The number of piperazine rings is 1. The van der Waals surface area contributed by atoms with E-state index in [2.05, 4.69) is 32.8 Å². The minimum atomic E-state index is 0.506. The van der Waals surface area contributed by atoms with E-state index in [1.54, 1.807) is 11.3 Å². The number of aromatic nitrogens is 1. The molecule has 0 spiro atoms. The lowest BCUT2D eigenvalue weighted by atomic mass is 9.87. The van der Waals surface area contributed by atoms with E-state index in [1.807, 2.05) is 6.20 Å². The summed E-state index contributed by atoms with van der Waals surface area (Å²) < 4.78 is 0. The van der Waals surface area contributed by atoms with Crippen LogP contribution in [0.25, 0.3) is 0 Å². The Morgan fingerprint density at radius 1 is 1.21 bits per heavy atom. The van der Waals surface area contributed by atoms with Crippen molar-refractivity contribution >= 4 is 29.1 Å². The topological polar surface area (TPSA) is 19.4 Å². The van der Waals surface area contributed by atoms with E-state index in [-0.39, 0.29) is 0 Å². The van der Waals surface area contributed by atoms with Gasteiger partial charge in [-0.2, -0.15) is 12.6 Å². The molecule has 0 unspecified atom stereocenters. The predicted octanol–water partition coefficient (Wildman–Crippen LogP) is 2.76. The minimum absolute atomic E-state index is 0.506. The molecule has 1 aliphatic heterocycles. The summed E-state index contributed by atoms with van der Waals surface area (Å²) in [6.07, 6.45) is 7.46. The standard InChI is InChI=1S/C14H23N3S2/c18-12-14(3-1-2-4-14)11-16-6-8-17(9-7-16)13-15-5-10-19-13/h5,10,18H,1-4,6-9,11-12H2. The summed E-state index contributed by atoms with van der Waals surface area (Å²) in [7, 11) is 0. The van der Waals surface area contributed by atoms with E-state index < -0.39 is 0 Å². The number of hydrogen-bond donors (Lipinski definition) is 1. The summed E-state index contributed by atoms with van der Waals surface area (Å²) in [5.74, 6) is 1.06. The highest BCUT2D eigenvalue weighted by Crippen LogP contribution is 2.39. The first-order valence-corrected chi connectivity index (χ1v) is 8.80. The van der Waals surface area contributed by atoms with Crippen LogP contribution in [0.5, 0.6) is 0 Å². The second-order valence-corrected chi connectivity index (χ2v) is 7.13. The first kappa shape index (κ1) is 13.7. The third-order valence-corrected chi connectivity index (χ3v) is 6.12. The number of hydrogen-bond acceptors (Lipinski definition) is 5. The van der Waals surface area contributed by atoms with Crippen LogP contribution in [0.1, 0.15) is 25.7 Å². The summed E-state index contributed by atoms with van der Waals surface area (Å²) in [4.78, 5) is 9.48. The maximum Gasteiger partial charge on any atom is 0.185 e. The van der Waals surface area contributed by atoms with Crippen LogP contribution < -0.4 is 4.90 Å². The third kappa shape index (κ3) is 3.09. The molecule has 0 atom stereocenters. The van der Waals surface area contributed by atoms with Crippen LogP contribution in [-0.4, -0.2) is 48.4 Å². The SMILES string of the molecule is SCC1(CN2CCN(c3nccs3)CC2)CCCC1. The number of rotatable bonds is 4. The third-order valence-electron chi connectivity index (χ3n) is 4.62. The molecule has 3 nitrogen and oxygen atoms in total. The van der Waals surface area contributed by atoms with Crippen molar-refractivity contribution in [2.45, 2.75) is 25.7 Å². The first-order valence-electron chi connectivity index (χ1n) is 7.29. The Balaban J connectivity index is 1.53. The average molecular weight is 297 g/mol. The molecule has 3 rings (SSSR count). The molecule has 0 radical (unpaired) electrons. The highest BCUT2D eigenvalue weighted by molar-refractivity contribution is 7.80. The lowest BCUT2D eigenvalue weighted by molar-refractivity contribution is 0.164. The summed E-state index contributed by atoms with van der Waals surface area (Å²) in [6, 6.07) is 0. The molecule has 0 N–H and O–H groups in total. The van der Waals surface area contributed by atoms with Crippen molar-refractivity contribution in [3.05, 3.63) is 11.6 Å². The van der Waals surface area contributed by atoms with Gasteiger partial charge in [0.2, 0.25) is 0 Å². The Morgan fingerprint density at radius 3 is 2.53 bits per heavy atom. The van der Waals surface area contributed by atoms with Gasteiger partial charge < -0.3 is 4.90 Å². The predicted molar refractivity (Wildman–Crippen MR) is 85.5 cm³/mol. The Kier molecular flexibility index (Phi) is 4.34. The summed E-state index contributed by atoms with van der Waals surface area (Å²) in [5.41, 5.74) is 0.506. The Bertz CT molecular complexity index is 379. The zero-order chi connectivity index (χ0) is 13.1. The molecule has 0 bridgehead atoms. The monoisotopic (exact) mass is 297 g/mol. The van der Waals surface area contributed by atoms with Crippen LogP contribution in [0.3, 0.4) is 0 Å². The van der Waals surface area contributed by atoms with Gasteiger partial charge >= 0.3 is 0 Å². The van der Waals surface area contributed by atoms with E-state index in [4.69, 9.17) is 0 Å². The molecule has 1 aromatic rings. The number of thiol groups is 1. The van der Waals surface area contributed by atoms with Crippen LogP contribution >= 0.6 is 24.0 Å². The normalized spacial score (nSPS) is 23.9. The van der Waals surface area contributed by atoms with Crippen molar-refractivity contribution < 1.29 is 0 Å². The second-order valence-electron chi connectivity index (χ2n) is 5.94. The van der Waals surface area contributed by atoms with Crippen molar-refractivity contribution in [2.75, 3.05) is 43.4 Å². The fourth-order valence-corrected chi connectivity index (χ4v) is 4.55. The summed E-state index contributed by atoms with van der Waals surface area (Å²) >= 11 is 6.37. The van der Waals surface area contributed by atoms with Crippen molar-refractivity contribution in [1.29, 1.82) is 0 Å². The molecule has 106 valence electrons. The molecule has 1 saturated heterocycles. The van der Waals surface area contributed by atoms with E-state index >= 15 is 0 Å². The number of anilines is 1. The van der Waals surface area contributed by atoms with Gasteiger partial charge in [-0.3, -0.25) is 4.90 Å². The van der Waals surface area contributed by atoms with Crippen molar-refractivity contribution in [1.82, 2.24) is 9.88 Å². The molecule has 2 fully saturated rings. The van der Waals surface area contributed by atoms with Crippen LogP contribution in [0.4, 0.5) is 5.13 Å². The maximum absolute atomic E-state index is 4.62. The molecular weight excluding hydrogens is 274 g/mol. The highest BCUT2D eigenvalue weighted by Gasteiger charge is 2.35. The van der Waals surface area contributed by atoms with Gasteiger partial charge in [-0.1, -0.05) is 12.8 Å². The number of nitrogens with zero attached hydrogens (tertiary/aromatic N) is 3. The second kappa shape index (κ2) is 6.02. The van der Waals surface area contributed by atoms with Gasteiger partial charge in [0.15, 0.2) is 5.13 Å². The molecule has 1 aliphatic carbocycles. The fraction of sp³-hybridized carbons (Fsp3) is 0.786. The van der Waals surface area contributed by atoms with Crippen molar-refractivity contribution in [3.8, 4) is 0 Å². The molecule has 19 heavy (non-hydrogen) atoms. The van der Waals surface area contributed by atoms with Gasteiger partial charge in [0, 0.05) is 44.3 Å². The lowest BCUT2D eigenvalue weighted by Crippen LogP contribution is -2.50. The number of thiazole rings is 1. The van der Waals surface area contributed by atoms with E-state index in [0.29, 0.717) is 5.41 Å². The van der Waals surface area contributed by atoms with E-state index in [1.165, 1.54) is 50.4 Å². The molecular formula is C14H23N3S2. The molecule has 5 heteroatoms. The molecule has 2 aliphatic rings. The van der Waals surface area contributed by atoms with Gasteiger partial charge in [0.05, 0.1) is 0 Å². The molecule has 2 heterocycles. The highest BCUT2D eigenvalue weighted by atomic mass is 32.1. The van der Waals surface area contributed by atoms with Crippen LogP contribution in [-0.2, 0) is 0 Å². The Hall–Kier alpha value is -0.260. The Morgan fingerprint density at radius 2 is 1.95 bits per heavy atom. The van der Waals surface area contributed by atoms with Crippen molar-refractivity contribution in [2.24, 2.45) is 5.41 Å².